The summed E-state index contributed by atoms with van der Waals surface area (Å²) in [5, 5.41) is 13.5. The van der Waals surface area contributed by atoms with Gasteiger partial charge < -0.3 is 9.63 Å². The number of nitrogens with zero attached hydrogens (tertiary/aromatic N) is 2. The summed E-state index contributed by atoms with van der Waals surface area (Å²) in [7, 11) is 0. The molecule has 0 saturated carbocycles. The van der Waals surface area contributed by atoms with Gasteiger partial charge in [-0.05, 0) is 19.3 Å². The zero-order chi connectivity index (χ0) is 11.9. The van der Waals surface area contributed by atoms with Crippen molar-refractivity contribution in [3.8, 4) is 0 Å². The molecule has 0 amide bonds. The maximum atomic E-state index is 9.70. The van der Waals surface area contributed by atoms with E-state index in [0.29, 0.717) is 11.7 Å². The molecule has 86 valence electrons. The Bertz CT molecular complexity index is 331. The topological polar surface area (TPSA) is 59.2 Å². The highest BCUT2D eigenvalue weighted by atomic mass is 16.5. The van der Waals surface area contributed by atoms with Gasteiger partial charge in [-0.1, -0.05) is 32.9 Å². The number of hydrogen-bond donors (Lipinski definition) is 1. The number of rotatable bonds is 2. The lowest BCUT2D eigenvalue weighted by atomic mass is 9.82. The molecule has 1 atom stereocenters. The van der Waals surface area contributed by atoms with Crippen LogP contribution in [0.25, 0.3) is 0 Å². The molecule has 1 heterocycles. The zero-order valence-electron chi connectivity index (χ0n) is 10.3. The lowest BCUT2D eigenvalue weighted by Crippen LogP contribution is -2.19. The van der Waals surface area contributed by atoms with Crippen molar-refractivity contribution in [1.29, 1.82) is 0 Å². The summed E-state index contributed by atoms with van der Waals surface area (Å²) < 4.78 is 5.16. The van der Waals surface area contributed by atoms with E-state index in [1.54, 1.807) is 13.8 Å². The summed E-state index contributed by atoms with van der Waals surface area (Å²) in [6.45, 7) is 11.7. The first-order chi connectivity index (χ1) is 6.62. The maximum absolute atomic E-state index is 9.70. The third kappa shape index (κ3) is 2.78. The average Bonchev–Trinajstić information content (AvgIpc) is 2.47. The third-order valence-electron chi connectivity index (χ3n) is 2.66. The van der Waals surface area contributed by atoms with Crippen LogP contribution in [-0.2, 0) is 5.60 Å². The molecule has 0 saturated heterocycles. The van der Waals surface area contributed by atoms with Crippen LogP contribution < -0.4 is 0 Å². The van der Waals surface area contributed by atoms with Crippen molar-refractivity contribution >= 4 is 0 Å². The molecule has 0 aliphatic heterocycles. The highest BCUT2D eigenvalue weighted by Crippen LogP contribution is 2.33. The number of aliphatic hydroxyl groups is 1. The SMILES string of the molecule is C[C@H](c1nc(C(C)(C)O)no1)C(C)(C)C. The minimum Gasteiger partial charge on any atom is -0.382 e. The molecule has 0 aliphatic rings. The Hall–Kier alpha value is -0.900. The van der Waals surface area contributed by atoms with E-state index < -0.39 is 5.60 Å². The molecule has 1 N–H and O–H groups in total. The van der Waals surface area contributed by atoms with E-state index in [0.717, 1.165) is 0 Å². The van der Waals surface area contributed by atoms with Gasteiger partial charge in [0.05, 0.1) is 0 Å². The summed E-state index contributed by atoms with van der Waals surface area (Å²) in [5.41, 5.74) is -0.969. The molecule has 1 rings (SSSR count). The molecule has 4 heteroatoms. The lowest BCUT2D eigenvalue weighted by Gasteiger charge is -2.23. The zero-order valence-corrected chi connectivity index (χ0v) is 10.3. The van der Waals surface area contributed by atoms with Crippen molar-refractivity contribution in [2.75, 3.05) is 0 Å². The number of hydrogen-bond acceptors (Lipinski definition) is 4. The van der Waals surface area contributed by atoms with Crippen LogP contribution in [0.1, 0.15) is 59.2 Å². The normalized spacial score (nSPS) is 15.4. The van der Waals surface area contributed by atoms with Gasteiger partial charge in [0.25, 0.3) is 0 Å². The first kappa shape index (κ1) is 12.2. The standard InChI is InChI=1S/C11H20N2O2/c1-7(10(2,3)4)8-12-9(13-15-8)11(5,6)14/h7,14H,1-6H3/t7-/m1/s1. The van der Waals surface area contributed by atoms with Crippen LogP contribution in [0.5, 0.6) is 0 Å². The van der Waals surface area contributed by atoms with Crippen LogP contribution >= 0.6 is 0 Å². The van der Waals surface area contributed by atoms with Gasteiger partial charge in [-0.25, -0.2) is 0 Å². The van der Waals surface area contributed by atoms with E-state index in [4.69, 9.17) is 4.52 Å². The maximum Gasteiger partial charge on any atom is 0.230 e. The molecule has 15 heavy (non-hydrogen) atoms. The van der Waals surface area contributed by atoms with Crippen molar-refractivity contribution in [3.63, 3.8) is 0 Å². The Balaban J connectivity index is 2.95. The van der Waals surface area contributed by atoms with Gasteiger partial charge in [0.15, 0.2) is 0 Å². The predicted octanol–water partition coefficient (Wildman–Crippen LogP) is 2.45. The molecular weight excluding hydrogens is 192 g/mol. The largest absolute Gasteiger partial charge is 0.382 e. The molecule has 0 unspecified atom stereocenters. The van der Waals surface area contributed by atoms with E-state index in [9.17, 15) is 5.11 Å². The quantitative estimate of drug-likeness (QED) is 0.818. The van der Waals surface area contributed by atoms with Crippen LogP contribution in [0.3, 0.4) is 0 Å². The van der Waals surface area contributed by atoms with Gasteiger partial charge >= 0.3 is 0 Å². The molecule has 1 aromatic rings. The Labute approximate surface area is 90.7 Å². The highest BCUT2D eigenvalue weighted by Gasteiger charge is 2.30. The molecular formula is C11H20N2O2. The second-order valence-electron chi connectivity index (χ2n) is 5.60. The fourth-order valence-electron chi connectivity index (χ4n) is 1.03. The number of aromatic nitrogens is 2. The Morgan fingerprint density at radius 1 is 1.20 bits per heavy atom. The molecule has 0 aliphatic carbocycles. The lowest BCUT2D eigenvalue weighted by molar-refractivity contribution is 0.0660. The van der Waals surface area contributed by atoms with E-state index in [1.807, 2.05) is 6.92 Å². The Morgan fingerprint density at radius 2 is 1.73 bits per heavy atom. The van der Waals surface area contributed by atoms with Crippen molar-refractivity contribution in [2.45, 2.75) is 53.1 Å². The fourth-order valence-corrected chi connectivity index (χ4v) is 1.03. The smallest absolute Gasteiger partial charge is 0.230 e. The van der Waals surface area contributed by atoms with Gasteiger partial charge in [-0.2, -0.15) is 4.98 Å². The summed E-state index contributed by atoms with van der Waals surface area (Å²) in [6.07, 6.45) is 0. The van der Waals surface area contributed by atoms with Crippen molar-refractivity contribution in [3.05, 3.63) is 11.7 Å². The van der Waals surface area contributed by atoms with Crippen LogP contribution in [0.15, 0.2) is 4.52 Å². The Kier molecular flexibility index (Phi) is 2.92. The van der Waals surface area contributed by atoms with Crippen LogP contribution in [0.4, 0.5) is 0 Å². The van der Waals surface area contributed by atoms with Crippen molar-refractivity contribution in [2.24, 2.45) is 5.41 Å². The second-order valence-corrected chi connectivity index (χ2v) is 5.60. The predicted molar refractivity (Wildman–Crippen MR) is 57.4 cm³/mol. The summed E-state index contributed by atoms with van der Waals surface area (Å²) in [5.74, 6) is 1.09. The highest BCUT2D eigenvalue weighted by molar-refractivity contribution is 5.01. The molecule has 1 aromatic heterocycles. The van der Waals surface area contributed by atoms with Crippen LogP contribution in [0.2, 0.25) is 0 Å². The van der Waals surface area contributed by atoms with Gasteiger partial charge in [0.1, 0.15) is 5.60 Å². The molecule has 0 spiro atoms. The molecule has 0 fully saturated rings. The Morgan fingerprint density at radius 3 is 2.07 bits per heavy atom. The van der Waals surface area contributed by atoms with Gasteiger partial charge in [-0.3, -0.25) is 0 Å². The summed E-state index contributed by atoms with van der Waals surface area (Å²) in [4.78, 5) is 4.22. The fraction of sp³-hybridized carbons (Fsp3) is 0.818. The van der Waals surface area contributed by atoms with Crippen LogP contribution in [0, 0.1) is 5.41 Å². The van der Waals surface area contributed by atoms with E-state index in [1.165, 1.54) is 0 Å². The molecule has 4 nitrogen and oxygen atoms in total. The van der Waals surface area contributed by atoms with E-state index >= 15 is 0 Å². The summed E-state index contributed by atoms with van der Waals surface area (Å²) in [6, 6.07) is 0. The van der Waals surface area contributed by atoms with Gasteiger partial charge in [0, 0.05) is 5.92 Å². The molecule has 0 bridgehead atoms. The third-order valence-corrected chi connectivity index (χ3v) is 2.66. The minimum absolute atomic E-state index is 0.0728. The second kappa shape index (κ2) is 3.59. The summed E-state index contributed by atoms with van der Waals surface area (Å²) >= 11 is 0. The monoisotopic (exact) mass is 212 g/mol. The van der Waals surface area contributed by atoms with E-state index in [2.05, 4.69) is 30.9 Å². The van der Waals surface area contributed by atoms with E-state index in [-0.39, 0.29) is 11.3 Å². The van der Waals surface area contributed by atoms with Gasteiger partial charge in [-0.15, -0.1) is 0 Å². The minimum atomic E-state index is -1.04. The van der Waals surface area contributed by atoms with Crippen LogP contribution in [-0.4, -0.2) is 15.2 Å². The van der Waals surface area contributed by atoms with Crippen molar-refractivity contribution in [1.82, 2.24) is 10.1 Å². The first-order valence-corrected chi connectivity index (χ1v) is 5.19. The van der Waals surface area contributed by atoms with Gasteiger partial charge in [0.2, 0.25) is 11.7 Å². The molecule has 0 radical (unpaired) electrons. The molecule has 0 aromatic carbocycles. The first-order valence-electron chi connectivity index (χ1n) is 5.19. The van der Waals surface area contributed by atoms with Crippen molar-refractivity contribution < 1.29 is 9.63 Å². The average molecular weight is 212 g/mol.